The first-order valence-corrected chi connectivity index (χ1v) is 8.62. The highest BCUT2D eigenvalue weighted by Crippen LogP contribution is 2.23. The van der Waals surface area contributed by atoms with E-state index in [1.165, 1.54) is 17.3 Å². The quantitative estimate of drug-likeness (QED) is 0.705. The number of aryl methyl sites for hydroxylation is 1. The molecule has 9 nitrogen and oxygen atoms in total. The fourth-order valence-electron chi connectivity index (χ4n) is 3.33. The SMILES string of the molecule is COCCN1CCN2C(=O)[C@H](C)N(C(=O)c3cnc(C)cn3)C[C@H]2C1=O. The van der Waals surface area contributed by atoms with Gasteiger partial charge < -0.3 is 19.4 Å². The number of hydrogen-bond donors (Lipinski definition) is 0. The van der Waals surface area contributed by atoms with Gasteiger partial charge in [-0.3, -0.25) is 19.4 Å². The van der Waals surface area contributed by atoms with Crippen LogP contribution in [0.1, 0.15) is 23.1 Å². The first kappa shape index (κ1) is 18.2. The number of hydrogen-bond acceptors (Lipinski definition) is 6. The summed E-state index contributed by atoms with van der Waals surface area (Å²) < 4.78 is 5.04. The van der Waals surface area contributed by atoms with E-state index in [9.17, 15) is 14.4 Å². The first-order valence-electron chi connectivity index (χ1n) is 8.62. The predicted molar refractivity (Wildman–Crippen MR) is 91.2 cm³/mol. The molecule has 1 aromatic heterocycles. The van der Waals surface area contributed by atoms with Gasteiger partial charge in [-0.25, -0.2) is 4.98 Å². The van der Waals surface area contributed by atoms with E-state index in [1.807, 2.05) is 0 Å². The Bertz CT molecular complexity index is 708. The molecule has 3 amide bonds. The maximum Gasteiger partial charge on any atom is 0.274 e. The molecule has 0 saturated carbocycles. The number of carbonyl (C=O) groups excluding carboxylic acids is 3. The highest BCUT2D eigenvalue weighted by atomic mass is 16.5. The summed E-state index contributed by atoms with van der Waals surface area (Å²) in [5, 5.41) is 0. The summed E-state index contributed by atoms with van der Waals surface area (Å²) in [4.78, 5) is 51.2. The summed E-state index contributed by atoms with van der Waals surface area (Å²) in [6, 6.07) is -1.30. The molecule has 2 fully saturated rings. The number of fused-ring (bicyclic) bond motifs is 1. The highest BCUT2D eigenvalue weighted by molar-refractivity contribution is 5.99. The number of amides is 3. The Morgan fingerprint density at radius 3 is 2.65 bits per heavy atom. The summed E-state index contributed by atoms with van der Waals surface area (Å²) in [5.41, 5.74) is 0.870. The second-order valence-corrected chi connectivity index (χ2v) is 6.54. The Balaban J connectivity index is 1.80. The minimum Gasteiger partial charge on any atom is -0.383 e. The van der Waals surface area contributed by atoms with E-state index in [4.69, 9.17) is 4.74 Å². The maximum atomic E-state index is 12.8. The molecule has 0 N–H and O–H groups in total. The van der Waals surface area contributed by atoms with Crippen LogP contribution in [0.4, 0.5) is 0 Å². The lowest BCUT2D eigenvalue weighted by atomic mass is 10.0. The standard InChI is InChI=1S/C17H23N5O4/c1-11-8-19-13(9-18-11)16(24)22-10-14-17(25)20(6-7-26-3)4-5-21(14)15(23)12(22)2/h8-9,12,14H,4-7,10H2,1-3H3/t12-,14-/m0/s1. The van der Waals surface area contributed by atoms with Crippen molar-refractivity contribution in [2.24, 2.45) is 0 Å². The molecule has 0 spiro atoms. The molecule has 1 aromatic rings. The minimum absolute atomic E-state index is 0.152. The number of ether oxygens (including phenoxy) is 1. The van der Waals surface area contributed by atoms with Crippen LogP contribution in [0.25, 0.3) is 0 Å². The van der Waals surface area contributed by atoms with E-state index in [-0.39, 0.29) is 30.0 Å². The van der Waals surface area contributed by atoms with E-state index < -0.39 is 12.1 Å². The van der Waals surface area contributed by atoms with Crippen molar-refractivity contribution in [3.8, 4) is 0 Å². The molecule has 3 heterocycles. The summed E-state index contributed by atoms with van der Waals surface area (Å²) in [7, 11) is 1.58. The van der Waals surface area contributed by atoms with E-state index in [2.05, 4.69) is 9.97 Å². The summed E-state index contributed by atoms with van der Waals surface area (Å²) in [5.74, 6) is -0.754. The number of nitrogens with zero attached hydrogens (tertiary/aromatic N) is 5. The second kappa shape index (κ2) is 7.36. The van der Waals surface area contributed by atoms with E-state index in [1.54, 1.807) is 30.8 Å². The Kier molecular flexibility index (Phi) is 5.17. The molecule has 2 saturated heterocycles. The molecular formula is C17H23N5O4. The lowest BCUT2D eigenvalue weighted by Gasteiger charge is -2.48. The monoisotopic (exact) mass is 361 g/mol. The largest absolute Gasteiger partial charge is 0.383 e. The molecule has 2 aliphatic rings. The number of carbonyl (C=O) groups is 3. The van der Waals surface area contributed by atoms with Gasteiger partial charge in [0, 0.05) is 32.9 Å². The summed E-state index contributed by atoms with van der Waals surface area (Å²) in [6.45, 7) is 5.47. The number of aromatic nitrogens is 2. The van der Waals surface area contributed by atoms with Gasteiger partial charge in [0.1, 0.15) is 17.8 Å². The molecule has 140 valence electrons. The average molecular weight is 361 g/mol. The van der Waals surface area contributed by atoms with Crippen LogP contribution in [-0.2, 0) is 14.3 Å². The van der Waals surface area contributed by atoms with Crippen LogP contribution in [0.2, 0.25) is 0 Å². The fourth-order valence-corrected chi connectivity index (χ4v) is 3.33. The number of rotatable bonds is 4. The van der Waals surface area contributed by atoms with E-state index in [0.717, 1.165) is 0 Å². The maximum absolute atomic E-state index is 12.8. The van der Waals surface area contributed by atoms with Crippen molar-refractivity contribution < 1.29 is 19.1 Å². The zero-order chi connectivity index (χ0) is 18.8. The Morgan fingerprint density at radius 1 is 1.23 bits per heavy atom. The van der Waals surface area contributed by atoms with Gasteiger partial charge in [0.15, 0.2) is 0 Å². The zero-order valence-electron chi connectivity index (χ0n) is 15.2. The van der Waals surface area contributed by atoms with Crippen LogP contribution in [0.5, 0.6) is 0 Å². The van der Waals surface area contributed by atoms with Gasteiger partial charge >= 0.3 is 0 Å². The molecule has 0 unspecified atom stereocenters. The van der Waals surface area contributed by atoms with Gasteiger partial charge in [-0.2, -0.15) is 0 Å². The average Bonchev–Trinajstić information content (AvgIpc) is 2.64. The molecule has 3 rings (SSSR count). The second-order valence-electron chi connectivity index (χ2n) is 6.54. The molecule has 0 aliphatic carbocycles. The topological polar surface area (TPSA) is 95.9 Å². The predicted octanol–water partition coefficient (Wildman–Crippen LogP) is -0.685. The third-order valence-electron chi connectivity index (χ3n) is 4.89. The smallest absolute Gasteiger partial charge is 0.274 e. The Labute approximate surface area is 151 Å². The first-order chi connectivity index (χ1) is 12.4. The van der Waals surface area contributed by atoms with Gasteiger partial charge in [-0.1, -0.05) is 0 Å². The Hall–Kier alpha value is -2.55. The molecule has 26 heavy (non-hydrogen) atoms. The normalized spacial score (nSPS) is 23.3. The zero-order valence-corrected chi connectivity index (χ0v) is 15.2. The summed E-state index contributed by atoms with van der Waals surface area (Å²) >= 11 is 0. The van der Waals surface area contributed by atoms with Crippen LogP contribution >= 0.6 is 0 Å². The van der Waals surface area contributed by atoms with Gasteiger partial charge in [-0.05, 0) is 13.8 Å². The van der Waals surface area contributed by atoms with Crippen molar-refractivity contribution in [3.05, 3.63) is 23.8 Å². The van der Waals surface area contributed by atoms with Crippen LogP contribution in [-0.4, -0.2) is 94.4 Å². The van der Waals surface area contributed by atoms with Crippen molar-refractivity contribution in [2.45, 2.75) is 25.9 Å². The lowest BCUT2D eigenvalue weighted by molar-refractivity contribution is -0.160. The minimum atomic E-state index is -0.660. The van der Waals surface area contributed by atoms with E-state index in [0.29, 0.717) is 31.9 Å². The Morgan fingerprint density at radius 2 is 2.00 bits per heavy atom. The molecule has 2 aliphatic heterocycles. The van der Waals surface area contributed by atoms with Crippen molar-refractivity contribution in [2.75, 3.05) is 39.9 Å². The lowest BCUT2D eigenvalue weighted by Crippen LogP contribution is -2.70. The van der Waals surface area contributed by atoms with E-state index >= 15 is 0 Å². The molecule has 9 heteroatoms. The van der Waals surface area contributed by atoms with Crippen LogP contribution < -0.4 is 0 Å². The van der Waals surface area contributed by atoms with Crippen LogP contribution in [0, 0.1) is 6.92 Å². The van der Waals surface area contributed by atoms with Gasteiger partial charge in [-0.15, -0.1) is 0 Å². The molecule has 0 bridgehead atoms. The molecule has 0 aromatic carbocycles. The number of methoxy groups -OCH3 is 1. The third-order valence-corrected chi connectivity index (χ3v) is 4.89. The molecule has 2 atom stereocenters. The molecular weight excluding hydrogens is 338 g/mol. The van der Waals surface area contributed by atoms with Gasteiger partial charge in [0.05, 0.1) is 25.0 Å². The van der Waals surface area contributed by atoms with Crippen LogP contribution in [0.15, 0.2) is 12.4 Å². The van der Waals surface area contributed by atoms with Gasteiger partial charge in [0.2, 0.25) is 11.8 Å². The summed E-state index contributed by atoms with van der Waals surface area (Å²) in [6.07, 6.45) is 2.91. The fraction of sp³-hybridized carbons (Fsp3) is 0.588. The molecule has 0 radical (unpaired) electrons. The van der Waals surface area contributed by atoms with Crippen molar-refractivity contribution in [1.82, 2.24) is 24.7 Å². The van der Waals surface area contributed by atoms with Crippen LogP contribution in [0.3, 0.4) is 0 Å². The van der Waals surface area contributed by atoms with Gasteiger partial charge in [0.25, 0.3) is 5.91 Å². The number of piperazine rings is 2. The highest BCUT2D eigenvalue weighted by Gasteiger charge is 2.46. The van der Waals surface area contributed by atoms with Crippen molar-refractivity contribution in [3.63, 3.8) is 0 Å². The van der Waals surface area contributed by atoms with Crippen molar-refractivity contribution >= 4 is 17.7 Å². The third kappa shape index (κ3) is 3.26. The van der Waals surface area contributed by atoms with Crippen molar-refractivity contribution in [1.29, 1.82) is 0 Å².